The molecule has 1 amide bonds. The minimum absolute atomic E-state index is 0.0433. The first-order valence-electron chi connectivity index (χ1n) is 6.97. The Morgan fingerprint density at radius 1 is 1.12 bits per heavy atom. The van der Waals surface area contributed by atoms with Crippen molar-refractivity contribution in [3.8, 4) is 17.2 Å². The number of phenols is 1. The number of benzene rings is 2. The minimum atomic E-state index is -0.548. The number of hydrogen-bond donors (Lipinski definition) is 2. The van der Waals surface area contributed by atoms with Crippen LogP contribution in [0.25, 0.3) is 11.0 Å². The van der Waals surface area contributed by atoms with Crippen molar-refractivity contribution in [2.45, 2.75) is 0 Å². The summed E-state index contributed by atoms with van der Waals surface area (Å²) in [7, 11) is 2.79. The summed E-state index contributed by atoms with van der Waals surface area (Å²) in [6.45, 7) is 0. The zero-order valence-electron chi connectivity index (χ0n) is 12.9. The van der Waals surface area contributed by atoms with Crippen molar-refractivity contribution in [1.29, 1.82) is 0 Å². The molecule has 0 radical (unpaired) electrons. The monoisotopic (exact) mass is 347 g/mol. The summed E-state index contributed by atoms with van der Waals surface area (Å²) in [5.41, 5.74) is 0.783. The summed E-state index contributed by atoms with van der Waals surface area (Å²) in [5.74, 6) is -0.642. The molecule has 3 rings (SSSR count). The van der Waals surface area contributed by atoms with E-state index in [0.29, 0.717) is 21.7 Å². The van der Waals surface area contributed by atoms with Crippen LogP contribution < -0.4 is 14.8 Å². The van der Waals surface area contributed by atoms with Gasteiger partial charge in [0.15, 0.2) is 11.3 Å². The van der Waals surface area contributed by atoms with Crippen LogP contribution in [0.4, 0.5) is 5.69 Å². The number of nitrogens with one attached hydrogen (secondary N) is 1. The lowest BCUT2D eigenvalue weighted by molar-refractivity contribution is 0.102. The minimum Gasteiger partial charge on any atom is -0.504 e. The highest BCUT2D eigenvalue weighted by Crippen LogP contribution is 2.45. The number of phenolic OH excluding ortho intramolecular Hbond substituents is 1. The van der Waals surface area contributed by atoms with E-state index in [0.717, 1.165) is 0 Å². The molecular weight excluding hydrogens is 334 g/mol. The lowest BCUT2D eigenvalue weighted by Gasteiger charge is -2.14. The van der Waals surface area contributed by atoms with Crippen LogP contribution in [0.3, 0.4) is 0 Å². The van der Waals surface area contributed by atoms with Crippen LogP contribution in [0.5, 0.6) is 17.2 Å². The van der Waals surface area contributed by atoms with Crippen molar-refractivity contribution in [3.05, 3.63) is 47.2 Å². The molecule has 3 aromatic rings. The van der Waals surface area contributed by atoms with Crippen LogP contribution in [-0.2, 0) is 0 Å². The number of fused-ring (bicyclic) bond motifs is 1. The predicted octanol–water partition coefficient (Wildman–Crippen LogP) is 4.06. The number of anilines is 1. The van der Waals surface area contributed by atoms with E-state index >= 15 is 0 Å². The van der Waals surface area contributed by atoms with Crippen LogP contribution in [0.15, 0.2) is 41.0 Å². The third kappa shape index (κ3) is 2.61. The average molecular weight is 348 g/mol. The van der Waals surface area contributed by atoms with Gasteiger partial charge in [-0.15, -0.1) is 0 Å². The number of rotatable bonds is 4. The van der Waals surface area contributed by atoms with Crippen LogP contribution in [-0.4, -0.2) is 25.2 Å². The van der Waals surface area contributed by atoms with Gasteiger partial charge in [-0.3, -0.25) is 4.79 Å². The molecule has 0 spiro atoms. The number of halogens is 1. The van der Waals surface area contributed by atoms with Crippen molar-refractivity contribution in [2.24, 2.45) is 0 Å². The molecule has 1 aromatic heterocycles. The number of carbonyl (C=O) groups excluding carboxylic acids is 1. The van der Waals surface area contributed by atoms with Gasteiger partial charge in [0.05, 0.1) is 25.9 Å². The van der Waals surface area contributed by atoms with E-state index in [1.54, 1.807) is 30.3 Å². The molecule has 7 heteroatoms. The van der Waals surface area contributed by atoms with Crippen LogP contribution in [0, 0.1) is 0 Å². The summed E-state index contributed by atoms with van der Waals surface area (Å²) < 4.78 is 15.8. The zero-order valence-corrected chi connectivity index (χ0v) is 13.7. The van der Waals surface area contributed by atoms with E-state index < -0.39 is 5.91 Å². The van der Waals surface area contributed by atoms with E-state index in [-0.39, 0.29) is 22.8 Å². The molecule has 0 saturated carbocycles. The van der Waals surface area contributed by atoms with E-state index in [4.69, 9.17) is 25.5 Å². The molecule has 1 heterocycles. The number of amides is 1. The lowest BCUT2D eigenvalue weighted by Crippen LogP contribution is -2.14. The fourth-order valence-corrected chi connectivity index (χ4v) is 2.59. The molecule has 24 heavy (non-hydrogen) atoms. The van der Waals surface area contributed by atoms with Gasteiger partial charge >= 0.3 is 0 Å². The first-order chi connectivity index (χ1) is 11.6. The highest BCUT2D eigenvalue weighted by atomic mass is 35.5. The SMILES string of the molecule is COc1c(C(=O)Nc2ccc(Cl)cc2)c(O)c(OC)c2occc12. The van der Waals surface area contributed by atoms with Gasteiger partial charge in [0, 0.05) is 10.7 Å². The molecule has 0 unspecified atom stereocenters. The molecule has 0 saturated heterocycles. The molecule has 0 fully saturated rings. The van der Waals surface area contributed by atoms with Crippen LogP contribution in [0.2, 0.25) is 5.02 Å². The van der Waals surface area contributed by atoms with Crippen molar-refractivity contribution >= 4 is 34.2 Å². The van der Waals surface area contributed by atoms with Gasteiger partial charge in [0.1, 0.15) is 11.3 Å². The van der Waals surface area contributed by atoms with E-state index in [1.807, 2.05) is 0 Å². The highest BCUT2D eigenvalue weighted by molar-refractivity contribution is 6.30. The number of hydrogen-bond acceptors (Lipinski definition) is 5. The first-order valence-corrected chi connectivity index (χ1v) is 7.35. The quantitative estimate of drug-likeness (QED) is 0.743. The second-order valence-electron chi connectivity index (χ2n) is 4.91. The number of methoxy groups -OCH3 is 2. The molecule has 0 aliphatic heterocycles. The Morgan fingerprint density at radius 2 is 1.79 bits per heavy atom. The van der Waals surface area contributed by atoms with Crippen LogP contribution in [0.1, 0.15) is 10.4 Å². The third-order valence-corrected chi connectivity index (χ3v) is 3.78. The summed E-state index contributed by atoms with van der Waals surface area (Å²) in [5, 5.41) is 14.2. The third-order valence-electron chi connectivity index (χ3n) is 3.53. The van der Waals surface area contributed by atoms with Gasteiger partial charge in [-0.05, 0) is 30.3 Å². The van der Waals surface area contributed by atoms with Crippen molar-refractivity contribution in [1.82, 2.24) is 0 Å². The highest BCUT2D eigenvalue weighted by Gasteiger charge is 2.27. The summed E-state index contributed by atoms with van der Waals surface area (Å²) >= 11 is 5.83. The smallest absolute Gasteiger partial charge is 0.263 e. The molecule has 124 valence electrons. The molecule has 6 nitrogen and oxygen atoms in total. The molecule has 2 aromatic carbocycles. The second-order valence-corrected chi connectivity index (χ2v) is 5.35. The van der Waals surface area contributed by atoms with Crippen molar-refractivity contribution in [2.75, 3.05) is 19.5 Å². The lowest BCUT2D eigenvalue weighted by atomic mass is 10.1. The topological polar surface area (TPSA) is 80.9 Å². The normalized spacial score (nSPS) is 10.6. The molecule has 0 bridgehead atoms. The standard InChI is InChI=1S/C17H14ClNO5/c1-22-14-11-7-8-24-15(11)16(23-2)13(20)12(14)17(21)19-10-5-3-9(18)4-6-10/h3-8,20H,1-2H3,(H,19,21). The van der Waals surface area contributed by atoms with E-state index in [1.165, 1.54) is 20.5 Å². The molecular formula is C17H14ClNO5. The van der Waals surface area contributed by atoms with Gasteiger partial charge in [-0.1, -0.05) is 11.6 Å². The maximum absolute atomic E-state index is 12.7. The Morgan fingerprint density at radius 3 is 2.42 bits per heavy atom. The van der Waals surface area contributed by atoms with Gasteiger partial charge < -0.3 is 24.3 Å². The Labute approximate surface area is 142 Å². The summed E-state index contributed by atoms with van der Waals surface area (Å²) in [6, 6.07) is 8.23. The van der Waals surface area contributed by atoms with Gasteiger partial charge in [0.2, 0.25) is 5.75 Å². The van der Waals surface area contributed by atoms with Gasteiger partial charge in [0.25, 0.3) is 5.91 Å². The Bertz CT molecular complexity index is 901. The number of furan rings is 1. The van der Waals surface area contributed by atoms with E-state index in [2.05, 4.69) is 5.32 Å². The fraction of sp³-hybridized carbons (Fsp3) is 0.118. The molecule has 0 aliphatic carbocycles. The number of aromatic hydroxyl groups is 1. The first kappa shape index (κ1) is 16.0. The van der Waals surface area contributed by atoms with Gasteiger partial charge in [-0.2, -0.15) is 0 Å². The fourth-order valence-electron chi connectivity index (χ4n) is 2.47. The summed E-state index contributed by atoms with van der Waals surface area (Å²) in [4.78, 5) is 12.7. The molecule has 0 atom stereocenters. The Kier molecular flexibility index (Phi) is 4.22. The maximum Gasteiger partial charge on any atom is 0.263 e. The maximum atomic E-state index is 12.7. The van der Waals surface area contributed by atoms with Crippen molar-refractivity contribution < 1.29 is 23.8 Å². The largest absolute Gasteiger partial charge is 0.504 e. The predicted molar refractivity (Wildman–Crippen MR) is 90.4 cm³/mol. The second kappa shape index (κ2) is 6.33. The number of ether oxygens (including phenoxy) is 2. The zero-order chi connectivity index (χ0) is 17.3. The van der Waals surface area contributed by atoms with Crippen LogP contribution >= 0.6 is 11.6 Å². The van der Waals surface area contributed by atoms with Gasteiger partial charge in [-0.25, -0.2) is 0 Å². The average Bonchev–Trinajstić information content (AvgIpc) is 3.04. The van der Waals surface area contributed by atoms with Crippen molar-refractivity contribution in [3.63, 3.8) is 0 Å². The van der Waals surface area contributed by atoms with E-state index in [9.17, 15) is 9.90 Å². The molecule has 0 aliphatic rings. The number of carbonyl (C=O) groups is 1. The Hall–Kier alpha value is -2.86. The molecule has 2 N–H and O–H groups in total. The summed E-state index contributed by atoms with van der Waals surface area (Å²) in [6.07, 6.45) is 1.43. The Balaban J connectivity index is 2.11.